The fourth-order valence-electron chi connectivity index (χ4n) is 2.58. The van der Waals surface area contributed by atoms with Gasteiger partial charge in [0.25, 0.3) is 0 Å². The van der Waals surface area contributed by atoms with Crippen molar-refractivity contribution in [3.05, 3.63) is 18.2 Å². The van der Waals surface area contributed by atoms with Crippen molar-refractivity contribution in [3.63, 3.8) is 0 Å². The van der Waals surface area contributed by atoms with Crippen molar-refractivity contribution in [3.8, 4) is 5.88 Å². The zero-order valence-corrected chi connectivity index (χ0v) is 12.5. The van der Waals surface area contributed by atoms with E-state index in [1.165, 1.54) is 25.7 Å². The Kier molecular flexibility index (Phi) is 5.29. The fraction of sp³-hybridized carbons (Fsp3) is 0.643. The Morgan fingerprint density at radius 3 is 2.83 bits per heavy atom. The van der Waals surface area contributed by atoms with Gasteiger partial charge in [-0.1, -0.05) is 34.8 Å². The van der Waals surface area contributed by atoms with Gasteiger partial charge >= 0.3 is 0 Å². The van der Waals surface area contributed by atoms with E-state index in [1.807, 2.05) is 19.1 Å². The third kappa shape index (κ3) is 3.37. The van der Waals surface area contributed by atoms with Gasteiger partial charge in [0, 0.05) is 24.0 Å². The van der Waals surface area contributed by atoms with Gasteiger partial charge in [-0.2, -0.15) is 4.98 Å². The molecule has 0 bridgehead atoms. The number of anilines is 1. The third-order valence-electron chi connectivity index (χ3n) is 3.39. The van der Waals surface area contributed by atoms with E-state index in [4.69, 9.17) is 4.74 Å². The van der Waals surface area contributed by atoms with Crippen LogP contribution in [0, 0.1) is 0 Å². The summed E-state index contributed by atoms with van der Waals surface area (Å²) < 4.78 is 5.49. The number of ether oxygens (including phenoxy) is 1. The summed E-state index contributed by atoms with van der Waals surface area (Å²) >= 11 is 3.54. The molecule has 0 radical (unpaired) electrons. The van der Waals surface area contributed by atoms with Crippen molar-refractivity contribution in [2.45, 2.75) is 38.6 Å². The van der Waals surface area contributed by atoms with Crippen LogP contribution in [-0.4, -0.2) is 29.5 Å². The number of aromatic nitrogens is 1. The maximum atomic E-state index is 5.49. The minimum atomic E-state index is 0.645. The first-order valence-corrected chi connectivity index (χ1v) is 7.89. The predicted octanol–water partition coefficient (Wildman–Crippen LogP) is 3.62. The molecule has 0 amide bonds. The van der Waals surface area contributed by atoms with E-state index < -0.39 is 0 Å². The number of hydrogen-bond acceptors (Lipinski definition) is 3. The maximum absolute atomic E-state index is 5.49. The average molecular weight is 313 g/mol. The predicted molar refractivity (Wildman–Crippen MR) is 78.8 cm³/mol. The molecule has 0 unspecified atom stereocenters. The van der Waals surface area contributed by atoms with Gasteiger partial charge in [0.2, 0.25) is 5.88 Å². The van der Waals surface area contributed by atoms with Gasteiger partial charge in [-0.15, -0.1) is 0 Å². The summed E-state index contributed by atoms with van der Waals surface area (Å²) in [4.78, 5) is 7.03. The van der Waals surface area contributed by atoms with Crippen molar-refractivity contribution < 1.29 is 4.74 Å². The van der Waals surface area contributed by atoms with E-state index >= 15 is 0 Å². The smallest absolute Gasteiger partial charge is 0.215 e. The lowest BCUT2D eigenvalue weighted by Crippen LogP contribution is -2.35. The number of rotatable bonds is 6. The molecule has 3 nitrogen and oxygen atoms in total. The van der Waals surface area contributed by atoms with E-state index in [0.29, 0.717) is 12.6 Å². The lowest BCUT2D eigenvalue weighted by molar-refractivity contribution is 0.326. The molecule has 0 saturated heterocycles. The maximum Gasteiger partial charge on any atom is 0.215 e. The first-order valence-electron chi connectivity index (χ1n) is 6.77. The SMILES string of the molecule is CCOc1cccc(N(CCBr)C2CCCC2)n1. The molecule has 4 heteroatoms. The highest BCUT2D eigenvalue weighted by atomic mass is 79.9. The second-order valence-corrected chi connectivity index (χ2v) is 5.38. The highest BCUT2D eigenvalue weighted by Gasteiger charge is 2.23. The molecule has 0 N–H and O–H groups in total. The van der Waals surface area contributed by atoms with E-state index in [0.717, 1.165) is 23.6 Å². The fourth-order valence-corrected chi connectivity index (χ4v) is 2.97. The zero-order chi connectivity index (χ0) is 12.8. The van der Waals surface area contributed by atoms with Gasteiger partial charge in [-0.25, -0.2) is 0 Å². The Hall–Kier alpha value is -0.770. The second kappa shape index (κ2) is 6.98. The first-order chi connectivity index (χ1) is 8.85. The summed E-state index contributed by atoms with van der Waals surface area (Å²) in [6.45, 7) is 3.66. The molecule has 0 atom stereocenters. The molecular formula is C14H21BrN2O. The van der Waals surface area contributed by atoms with Crippen LogP contribution < -0.4 is 9.64 Å². The van der Waals surface area contributed by atoms with Crippen LogP contribution in [0.3, 0.4) is 0 Å². The molecule has 1 heterocycles. The minimum absolute atomic E-state index is 0.645. The van der Waals surface area contributed by atoms with Crippen LogP contribution >= 0.6 is 15.9 Å². The van der Waals surface area contributed by atoms with Gasteiger partial charge < -0.3 is 9.64 Å². The monoisotopic (exact) mass is 312 g/mol. The molecule has 0 aromatic carbocycles. The summed E-state index contributed by atoms with van der Waals surface area (Å²) in [6, 6.07) is 6.69. The van der Waals surface area contributed by atoms with Crippen LogP contribution in [0.1, 0.15) is 32.6 Å². The second-order valence-electron chi connectivity index (χ2n) is 4.59. The van der Waals surface area contributed by atoms with Crippen LogP contribution in [0.5, 0.6) is 5.88 Å². The summed E-state index contributed by atoms with van der Waals surface area (Å²) in [5.74, 6) is 1.78. The first kappa shape index (κ1) is 13.7. The van der Waals surface area contributed by atoms with Gasteiger partial charge in [-0.05, 0) is 25.8 Å². The normalized spacial score (nSPS) is 15.9. The molecule has 1 aromatic heterocycles. The van der Waals surface area contributed by atoms with E-state index in [1.54, 1.807) is 0 Å². The van der Waals surface area contributed by atoms with Gasteiger partial charge in [-0.3, -0.25) is 0 Å². The van der Waals surface area contributed by atoms with Crippen molar-refractivity contribution >= 4 is 21.7 Å². The molecule has 0 aliphatic heterocycles. The topological polar surface area (TPSA) is 25.4 Å². The van der Waals surface area contributed by atoms with Crippen LogP contribution in [0.4, 0.5) is 5.82 Å². The summed E-state index contributed by atoms with van der Waals surface area (Å²) in [7, 11) is 0. The standard InChI is InChI=1S/C14H21BrN2O/c1-2-18-14-9-5-8-13(16-14)17(11-10-15)12-6-3-4-7-12/h5,8-9,12H,2-4,6-7,10-11H2,1H3. The number of halogens is 1. The van der Waals surface area contributed by atoms with Gasteiger partial charge in [0.05, 0.1) is 6.61 Å². The average Bonchev–Trinajstić information content (AvgIpc) is 2.90. The lowest BCUT2D eigenvalue weighted by atomic mass is 10.2. The van der Waals surface area contributed by atoms with Crippen LogP contribution in [0.15, 0.2) is 18.2 Å². The molecule has 1 aromatic rings. The van der Waals surface area contributed by atoms with E-state index in [9.17, 15) is 0 Å². The van der Waals surface area contributed by atoms with Crippen LogP contribution in [-0.2, 0) is 0 Å². The van der Waals surface area contributed by atoms with Crippen molar-refractivity contribution in [2.24, 2.45) is 0 Å². The molecule has 1 fully saturated rings. The summed E-state index contributed by atoms with van der Waals surface area (Å²) in [6.07, 6.45) is 5.25. The molecule has 1 saturated carbocycles. The number of pyridine rings is 1. The molecular weight excluding hydrogens is 292 g/mol. The summed E-state index contributed by atoms with van der Waals surface area (Å²) in [5, 5.41) is 0.976. The van der Waals surface area contributed by atoms with E-state index in [-0.39, 0.29) is 0 Å². The molecule has 2 rings (SSSR count). The molecule has 0 spiro atoms. The molecule has 1 aliphatic carbocycles. The van der Waals surface area contributed by atoms with Crippen molar-refractivity contribution in [2.75, 3.05) is 23.4 Å². The Labute approximate surface area is 118 Å². The Bertz CT molecular complexity index is 367. The third-order valence-corrected chi connectivity index (χ3v) is 3.74. The van der Waals surface area contributed by atoms with Crippen LogP contribution in [0.2, 0.25) is 0 Å². The lowest BCUT2D eigenvalue weighted by Gasteiger charge is -2.29. The number of hydrogen-bond donors (Lipinski definition) is 0. The van der Waals surface area contributed by atoms with Gasteiger partial charge in [0.15, 0.2) is 0 Å². The Morgan fingerprint density at radius 2 is 2.17 bits per heavy atom. The number of nitrogens with zero attached hydrogens (tertiary/aromatic N) is 2. The quantitative estimate of drug-likeness (QED) is 0.750. The molecule has 100 valence electrons. The highest BCUT2D eigenvalue weighted by Crippen LogP contribution is 2.28. The van der Waals surface area contributed by atoms with Crippen molar-refractivity contribution in [1.82, 2.24) is 4.98 Å². The van der Waals surface area contributed by atoms with Crippen molar-refractivity contribution in [1.29, 1.82) is 0 Å². The Balaban J connectivity index is 2.15. The Morgan fingerprint density at radius 1 is 1.39 bits per heavy atom. The van der Waals surface area contributed by atoms with Crippen LogP contribution in [0.25, 0.3) is 0 Å². The number of alkyl halides is 1. The largest absolute Gasteiger partial charge is 0.478 e. The molecule has 18 heavy (non-hydrogen) atoms. The minimum Gasteiger partial charge on any atom is -0.478 e. The zero-order valence-electron chi connectivity index (χ0n) is 10.9. The summed E-state index contributed by atoms with van der Waals surface area (Å²) in [5.41, 5.74) is 0. The van der Waals surface area contributed by atoms with Gasteiger partial charge in [0.1, 0.15) is 5.82 Å². The van der Waals surface area contributed by atoms with E-state index in [2.05, 4.69) is 31.9 Å². The molecule has 1 aliphatic rings. The highest BCUT2D eigenvalue weighted by molar-refractivity contribution is 9.09.